The summed E-state index contributed by atoms with van der Waals surface area (Å²) in [4.78, 5) is 13.7. The molecule has 1 aromatic heterocycles. The van der Waals surface area contributed by atoms with Crippen LogP contribution in [0.1, 0.15) is 11.5 Å². The van der Waals surface area contributed by atoms with Crippen molar-refractivity contribution in [2.45, 2.75) is 18.2 Å². The lowest BCUT2D eigenvalue weighted by molar-refractivity contribution is -0.384. The molecule has 0 aliphatic carbocycles. The van der Waals surface area contributed by atoms with Crippen molar-refractivity contribution in [3.8, 4) is 0 Å². The Bertz CT molecular complexity index is 888. The quantitative estimate of drug-likeness (QED) is 0.571. The Labute approximate surface area is 138 Å². The second kappa shape index (κ2) is 5.85. The molecule has 1 atom stereocenters. The van der Waals surface area contributed by atoms with E-state index in [1.807, 2.05) is 0 Å². The van der Waals surface area contributed by atoms with Crippen LogP contribution in [0.2, 0.25) is 0 Å². The molecule has 130 valence electrons. The van der Waals surface area contributed by atoms with Crippen LogP contribution in [0.4, 0.5) is 18.9 Å². The van der Waals surface area contributed by atoms with Gasteiger partial charge in [-0.05, 0) is 17.7 Å². The number of nitro groups is 1. The van der Waals surface area contributed by atoms with E-state index in [1.165, 1.54) is 12.1 Å². The fraction of sp³-hybridized carbons (Fsp3) is 0.188. The summed E-state index contributed by atoms with van der Waals surface area (Å²) in [6.07, 6.45) is -5.95. The van der Waals surface area contributed by atoms with Gasteiger partial charge in [-0.2, -0.15) is 13.2 Å². The van der Waals surface area contributed by atoms with Crippen molar-refractivity contribution in [2.75, 3.05) is 0 Å². The first kappa shape index (κ1) is 16.9. The summed E-state index contributed by atoms with van der Waals surface area (Å²) in [5.41, 5.74) is -3.27. The molecule has 0 fully saturated rings. The molecule has 0 amide bonds. The van der Waals surface area contributed by atoms with E-state index in [0.717, 1.165) is 24.3 Å². The lowest BCUT2D eigenvalue weighted by atomic mass is 9.93. The van der Waals surface area contributed by atoms with E-state index in [-0.39, 0.29) is 22.4 Å². The summed E-state index contributed by atoms with van der Waals surface area (Å²) in [7, 11) is 0. The number of non-ortho nitro benzene ring substituents is 1. The van der Waals surface area contributed by atoms with Crippen LogP contribution < -0.4 is 0 Å². The number of nitrogens with zero attached hydrogens (tertiary/aromatic N) is 2. The molecule has 0 unspecified atom stereocenters. The van der Waals surface area contributed by atoms with Gasteiger partial charge in [0.05, 0.1) is 4.92 Å². The summed E-state index contributed by atoms with van der Waals surface area (Å²) in [5, 5.41) is 21.0. The van der Waals surface area contributed by atoms with Crippen LogP contribution in [-0.2, 0) is 12.0 Å². The van der Waals surface area contributed by atoms with Crippen LogP contribution in [-0.4, -0.2) is 21.2 Å². The summed E-state index contributed by atoms with van der Waals surface area (Å²) in [5.74, 6) is -0.875. The first-order chi connectivity index (χ1) is 11.7. The monoisotopic (exact) mass is 352 g/mol. The molecule has 0 bridgehead atoms. The molecule has 1 heterocycles. The molecule has 3 aromatic rings. The van der Waals surface area contributed by atoms with E-state index in [4.69, 9.17) is 4.42 Å². The minimum Gasteiger partial charge on any atom is -0.437 e. The van der Waals surface area contributed by atoms with E-state index < -0.39 is 29.0 Å². The van der Waals surface area contributed by atoms with Crippen molar-refractivity contribution >= 4 is 16.8 Å². The van der Waals surface area contributed by atoms with E-state index >= 15 is 0 Å². The number of nitro benzene ring substituents is 1. The number of alkyl halides is 3. The van der Waals surface area contributed by atoms with Gasteiger partial charge in [-0.3, -0.25) is 10.1 Å². The highest BCUT2D eigenvalue weighted by molar-refractivity contribution is 5.72. The third-order valence-corrected chi connectivity index (χ3v) is 3.72. The van der Waals surface area contributed by atoms with Crippen molar-refractivity contribution in [1.29, 1.82) is 0 Å². The number of halogens is 3. The average molecular weight is 352 g/mol. The predicted molar refractivity (Wildman–Crippen MR) is 80.8 cm³/mol. The van der Waals surface area contributed by atoms with Gasteiger partial charge in [-0.1, -0.05) is 24.3 Å². The van der Waals surface area contributed by atoms with Gasteiger partial charge in [0.15, 0.2) is 5.58 Å². The molecule has 25 heavy (non-hydrogen) atoms. The molecular formula is C16H11F3N2O4. The Balaban J connectivity index is 2.02. The molecule has 2 aromatic carbocycles. The highest BCUT2D eigenvalue weighted by Gasteiger charge is 2.58. The van der Waals surface area contributed by atoms with Crippen molar-refractivity contribution in [3.63, 3.8) is 0 Å². The minimum atomic E-state index is -5.06. The highest BCUT2D eigenvalue weighted by Crippen LogP contribution is 2.42. The summed E-state index contributed by atoms with van der Waals surface area (Å²) in [6, 6.07) is 10.5. The van der Waals surface area contributed by atoms with Gasteiger partial charge in [0, 0.05) is 18.6 Å². The van der Waals surface area contributed by atoms with Crippen molar-refractivity contribution in [2.24, 2.45) is 0 Å². The van der Waals surface area contributed by atoms with Crippen LogP contribution in [0.5, 0.6) is 0 Å². The number of hydrogen-bond donors (Lipinski definition) is 1. The van der Waals surface area contributed by atoms with Gasteiger partial charge in [-0.15, -0.1) is 0 Å². The molecule has 3 rings (SSSR count). The molecule has 1 N–H and O–H groups in total. The number of hydrogen-bond acceptors (Lipinski definition) is 5. The first-order valence-electron chi connectivity index (χ1n) is 7.09. The number of oxazole rings is 1. The zero-order chi connectivity index (χ0) is 18.2. The number of benzene rings is 2. The fourth-order valence-electron chi connectivity index (χ4n) is 2.38. The smallest absolute Gasteiger partial charge is 0.426 e. The molecule has 0 saturated carbocycles. The van der Waals surface area contributed by atoms with Crippen LogP contribution in [0.15, 0.2) is 52.9 Å². The van der Waals surface area contributed by atoms with Crippen molar-refractivity contribution < 1.29 is 27.6 Å². The Morgan fingerprint density at radius 1 is 1.12 bits per heavy atom. The maximum atomic E-state index is 13.6. The highest BCUT2D eigenvalue weighted by atomic mass is 19.4. The van der Waals surface area contributed by atoms with Gasteiger partial charge in [0.25, 0.3) is 5.69 Å². The standard InChI is InChI=1S/C16H11F3N2O4/c17-16(18,19)15(22,9-10-5-7-11(8-6-10)21(23)24)14-20-12-3-1-2-4-13(12)25-14/h1-8,22H,9H2/t15-/m0/s1. The number of rotatable bonds is 4. The van der Waals surface area contributed by atoms with Gasteiger partial charge < -0.3 is 9.52 Å². The number of para-hydroxylation sites is 2. The van der Waals surface area contributed by atoms with Gasteiger partial charge in [-0.25, -0.2) is 4.98 Å². The van der Waals surface area contributed by atoms with E-state index in [2.05, 4.69) is 4.98 Å². The normalized spacial score (nSPS) is 14.4. The van der Waals surface area contributed by atoms with E-state index in [9.17, 15) is 28.4 Å². The van der Waals surface area contributed by atoms with Gasteiger partial charge in [0.1, 0.15) is 5.52 Å². The molecular weight excluding hydrogens is 341 g/mol. The summed E-state index contributed by atoms with van der Waals surface area (Å²) >= 11 is 0. The molecule has 9 heteroatoms. The average Bonchev–Trinajstić information content (AvgIpc) is 2.98. The molecule has 0 saturated heterocycles. The second-order valence-electron chi connectivity index (χ2n) is 5.45. The van der Waals surface area contributed by atoms with Crippen LogP contribution >= 0.6 is 0 Å². The maximum absolute atomic E-state index is 13.6. The number of aromatic nitrogens is 1. The fourth-order valence-corrected chi connectivity index (χ4v) is 2.38. The summed E-state index contributed by atoms with van der Waals surface area (Å²) < 4.78 is 45.8. The Morgan fingerprint density at radius 3 is 2.32 bits per heavy atom. The number of fused-ring (bicyclic) bond motifs is 1. The van der Waals surface area contributed by atoms with Gasteiger partial charge in [0.2, 0.25) is 11.5 Å². The second-order valence-corrected chi connectivity index (χ2v) is 5.45. The summed E-state index contributed by atoms with van der Waals surface area (Å²) in [6.45, 7) is 0. The molecule has 0 aliphatic heterocycles. The molecule has 6 nitrogen and oxygen atoms in total. The first-order valence-corrected chi connectivity index (χ1v) is 7.09. The molecule has 0 spiro atoms. The van der Waals surface area contributed by atoms with Crippen LogP contribution in [0.3, 0.4) is 0 Å². The maximum Gasteiger partial charge on any atom is 0.426 e. The predicted octanol–water partition coefficient (Wildman–Crippen LogP) is 3.73. The van der Waals surface area contributed by atoms with Crippen molar-refractivity contribution in [1.82, 2.24) is 4.98 Å². The Hall–Kier alpha value is -2.94. The Kier molecular flexibility index (Phi) is 3.96. The lowest BCUT2D eigenvalue weighted by Gasteiger charge is -2.27. The zero-order valence-electron chi connectivity index (χ0n) is 12.5. The molecule has 0 radical (unpaired) electrons. The third-order valence-electron chi connectivity index (χ3n) is 3.72. The van der Waals surface area contributed by atoms with E-state index in [0.29, 0.717) is 0 Å². The lowest BCUT2D eigenvalue weighted by Crippen LogP contribution is -2.44. The van der Waals surface area contributed by atoms with Crippen molar-refractivity contribution in [3.05, 3.63) is 70.1 Å². The minimum absolute atomic E-state index is 0.0488. The van der Waals surface area contributed by atoms with Crippen LogP contribution in [0.25, 0.3) is 11.1 Å². The largest absolute Gasteiger partial charge is 0.437 e. The topological polar surface area (TPSA) is 89.4 Å². The SMILES string of the molecule is O=[N+]([O-])c1ccc(C[C@](O)(c2nc3ccccc3o2)C(F)(F)F)cc1. The zero-order valence-corrected chi connectivity index (χ0v) is 12.5. The van der Waals surface area contributed by atoms with Crippen LogP contribution in [0, 0.1) is 10.1 Å². The molecule has 0 aliphatic rings. The third kappa shape index (κ3) is 3.05. The Morgan fingerprint density at radius 2 is 1.76 bits per heavy atom. The number of aliphatic hydroxyl groups is 1. The van der Waals surface area contributed by atoms with Gasteiger partial charge >= 0.3 is 6.18 Å². The van der Waals surface area contributed by atoms with E-state index in [1.54, 1.807) is 12.1 Å².